The predicted octanol–water partition coefficient (Wildman–Crippen LogP) is 3.38. The van der Waals surface area contributed by atoms with Gasteiger partial charge in [-0.2, -0.15) is 5.10 Å². The number of ether oxygens (including phenoxy) is 1. The third-order valence-corrected chi connectivity index (χ3v) is 5.51. The highest BCUT2D eigenvalue weighted by Gasteiger charge is 2.24. The van der Waals surface area contributed by atoms with Crippen molar-refractivity contribution in [2.45, 2.75) is 18.9 Å². The number of nitrogens with one attached hydrogen (secondary N) is 1. The SMILES string of the molecule is O=C(NC[C@@H]1CC(c2ccc3c(c2)CCO3)=NO1)c1cnn(-c2ccccc2Cl)c1. The summed E-state index contributed by atoms with van der Waals surface area (Å²) in [6.45, 7) is 1.08. The van der Waals surface area contributed by atoms with Crippen LogP contribution in [0.25, 0.3) is 5.69 Å². The van der Waals surface area contributed by atoms with Gasteiger partial charge in [-0.3, -0.25) is 4.79 Å². The van der Waals surface area contributed by atoms with Gasteiger partial charge in [-0.05, 0) is 41.5 Å². The molecule has 0 bridgehead atoms. The summed E-state index contributed by atoms with van der Waals surface area (Å²) in [4.78, 5) is 18.0. The van der Waals surface area contributed by atoms with Gasteiger partial charge in [0.25, 0.3) is 5.91 Å². The Bertz CT molecular complexity index is 1140. The predicted molar refractivity (Wildman–Crippen MR) is 113 cm³/mol. The number of fused-ring (bicyclic) bond motifs is 1. The van der Waals surface area contributed by atoms with Gasteiger partial charge in [-0.15, -0.1) is 0 Å². The Hall–Kier alpha value is -3.32. The molecule has 1 N–H and O–H groups in total. The third kappa shape index (κ3) is 3.64. The molecule has 0 saturated heterocycles. The first kappa shape index (κ1) is 18.7. The maximum Gasteiger partial charge on any atom is 0.254 e. The summed E-state index contributed by atoms with van der Waals surface area (Å²) in [5.41, 5.74) is 4.29. The van der Waals surface area contributed by atoms with Gasteiger partial charge < -0.3 is 14.9 Å². The molecule has 1 atom stereocenters. The molecule has 152 valence electrons. The second-order valence-electron chi connectivity index (χ2n) is 7.23. The molecule has 1 aromatic heterocycles. The lowest BCUT2D eigenvalue weighted by molar-refractivity contribution is 0.0753. The van der Waals surface area contributed by atoms with Gasteiger partial charge in [-0.25, -0.2) is 4.68 Å². The molecule has 1 amide bonds. The van der Waals surface area contributed by atoms with Crippen LogP contribution in [0.5, 0.6) is 5.75 Å². The van der Waals surface area contributed by atoms with Crippen LogP contribution in [0.4, 0.5) is 0 Å². The summed E-state index contributed by atoms with van der Waals surface area (Å²) in [6.07, 6.45) is 4.52. The van der Waals surface area contributed by atoms with Crippen molar-refractivity contribution in [3.05, 3.63) is 76.6 Å². The van der Waals surface area contributed by atoms with E-state index >= 15 is 0 Å². The van der Waals surface area contributed by atoms with Gasteiger partial charge in [0.05, 0.1) is 41.3 Å². The summed E-state index contributed by atoms with van der Waals surface area (Å²) in [7, 11) is 0. The highest BCUT2D eigenvalue weighted by molar-refractivity contribution is 6.32. The van der Waals surface area contributed by atoms with E-state index in [2.05, 4.69) is 21.6 Å². The molecule has 2 aliphatic heterocycles. The van der Waals surface area contributed by atoms with Gasteiger partial charge >= 0.3 is 0 Å². The molecule has 5 rings (SSSR count). The molecule has 3 heterocycles. The van der Waals surface area contributed by atoms with Crippen molar-refractivity contribution in [2.24, 2.45) is 5.16 Å². The monoisotopic (exact) mass is 422 g/mol. The van der Waals surface area contributed by atoms with Crippen LogP contribution < -0.4 is 10.1 Å². The first-order valence-corrected chi connectivity index (χ1v) is 10.1. The van der Waals surface area contributed by atoms with Crippen molar-refractivity contribution >= 4 is 23.2 Å². The Morgan fingerprint density at radius 2 is 2.17 bits per heavy atom. The largest absolute Gasteiger partial charge is 0.493 e. The summed E-state index contributed by atoms with van der Waals surface area (Å²) >= 11 is 6.19. The lowest BCUT2D eigenvalue weighted by atomic mass is 10.0. The number of aromatic nitrogens is 2. The number of carbonyl (C=O) groups is 1. The topological polar surface area (TPSA) is 77.7 Å². The average molecular weight is 423 g/mol. The molecule has 3 aromatic rings. The fraction of sp³-hybridized carbons (Fsp3) is 0.227. The molecule has 7 nitrogen and oxygen atoms in total. The Kier molecular flexibility index (Phi) is 4.88. The lowest BCUT2D eigenvalue weighted by Crippen LogP contribution is -2.32. The third-order valence-electron chi connectivity index (χ3n) is 5.19. The fourth-order valence-corrected chi connectivity index (χ4v) is 3.81. The number of halogens is 1. The number of oxime groups is 1. The van der Waals surface area contributed by atoms with Crippen molar-refractivity contribution in [2.75, 3.05) is 13.2 Å². The Labute approximate surface area is 178 Å². The van der Waals surface area contributed by atoms with Crippen molar-refractivity contribution in [3.63, 3.8) is 0 Å². The molecule has 0 unspecified atom stereocenters. The van der Waals surface area contributed by atoms with E-state index < -0.39 is 0 Å². The minimum Gasteiger partial charge on any atom is -0.493 e. The number of nitrogens with zero attached hydrogens (tertiary/aromatic N) is 3. The van der Waals surface area contributed by atoms with Gasteiger partial charge in [0, 0.05) is 19.0 Å². The number of amides is 1. The molecule has 0 saturated carbocycles. The summed E-state index contributed by atoms with van der Waals surface area (Å²) in [5.74, 6) is 0.722. The van der Waals surface area contributed by atoms with E-state index in [1.165, 1.54) is 11.8 Å². The van der Waals surface area contributed by atoms with Crippen LogP contribution in [0.3, 0.4) is 0 Å². The highest BCUT2D eigenvalue weighted by Crippen LogP contribution is 2.28. The summed E-state index contributed by atoms with van der Waals surface area (Å²) < 4.78 is 7.13. The number of rotatable bonds is 5. The minimum absolute atomic E-state index is 0.202. The van der Waals surface area contributed by atoms with E-state index in [-0.39, 0.29) is 12.0 Å². The number of carbonyl (C=O) groups excluding carboxylic acids is 1. The molecule has 0 fully saturated rings. The zero-order valence-electron chi connectivity index (χ0n) is 16.0. The molecule has 0 radical (unpaired) electrons. The van der Waals surface area contributed by atoms with E-state index in [1.807, 2.05) is 30.3 Å². The summed E-state index contributed by atoms with van der Waals surface area (Å²) in [6, 6.07) is 13.4. The van der Waals surface area contributed by atoms with Gasteiger partial charge in [0.15, 0.2) is 0 Å². The second-order valence-corrected chi connectivity index (χ2v) is 7.63. The van der Waals surface area contributed by atoms with E-state index in [4.69, 9.17) is 21.2 Å². The minimum atomic E-state index is -0.222. The van der Waals surface area contributed by atoms with Crippen LogP contribution >= 0.6 is 11.6 Å². The van der Waals surface area contributed by atoms with E-state index in [0.29, 0.717) is 23.6 Å². The summed E-state index contributed by atoms with van der Waals surface area (Å²) in [5, 5.41) is 11.9. The van der Waals surface area contributed by atoms with E-state index in [9.17, 15) is 4.79 Å². The fourth-order valence-electron chi connectivity index (χ4n) is 3.59. The molecule has 30 heavy (non-hydrogen) atoms. The zero-order chi connectivity index (χ0) is 20.5. The maximum atomic E-state index is 12.5. The van der Waals surface area contributed by atoms with Gasteiger partial charge in [-0.1, -0.05) is 28.9 Å². The molecular formula is C22H19ClN4O3. The molecule has 0 spiro atoms. The smallest absolute Gasteiger partial charge is 0.254 e. The average Bonchev–Trinajstić information content (AvgIpc) is 3.52. The first-order chi connectivity index (χ1) is 14.7. The number of para-hydroxylation sites is 1. The number of hydrogen-bond donors (Lipinski definition) is 1. The van der Waals surface area contributed by atoms with E-state index in [1.54, 1.807) is 16.9 Å². The van der Waals surface area contributed by atoms with E-state index in [0.717, 1.165) is 35.7 Å². The van der Waals surface area contributed by atoms with Crippen LogP contribution in [0.15, 0.2) is 60.0 Å². The first-order valence-electron chi connectivity index (χ1n) is 9.74. The highest BCUT2D eigenvalue weighted by atomic mass is 35.5. The van der Waals surface area contributed by atoms with Gasteiger partial charge in [0.1, 0.15) is 11.9 Å². The van der Waals surface area contributed by atoms with Crippen LogP contribution in [0, 0.1) is 0 Å². The van der Waals surface area contributed by atoms with Crippen molar-refractivity contribution in [1.29, 1.82) is 0 Å². The zero-order valence-corrected chi connectivity index (χ0v) is 16.8. The molecule has 8 heteroatoms. The van der Waals surface area contributed by atoms with Crippen LogP contribution in [-0.2, 0) is 11.3 Å². The number of benzene rings is 2. The molecule has 2 aromatic carbocycles. The Morgan fingerprint density at radius 3 is 3.07 bits per heavy atom. The van der Waals surface area contributed by atoms with Crippen molar-refractivity contribution in [3.8, 4) is 11.4 Å². The number of hydrogen-bond acceptors (Lipinski definition) is 5. The maximum absolute atomic E-state index is 12.5. The molecule has 2 aliphatic rings. The van der Waals surface area contributed by atoms with Crippen LogP contribution in [0.2, 0.25) is 5.02 Å². The van der Waals surface area contributed by atoms with Crippen molar-refractivity contribution < 1.29 is 14.4 Å². The van der Waals surface area contributed by atoms with Crippen LogP contribution in [0.1, 0.15) is 27.9 Å². The normalized spacial score (nSPS) is 17.1. The van der Waals surface area contributed by atoms with Gasteiger partial charge in [0.2, 0.25) is 0 Å². The Balaban J connectivity index is 1.18. The molecule has 0 aliphatic carbocycles. The quantitative estimate of drug-likeness (QED) is 0.683. The lowest BCUT2D eigenvalue weighted by Gasteiger charge is -2.09. The standard InChI is InChI=1S/C22H19ClN4O3/c23-18-3-1-2-4-20(18)27-13-16(11-25-27)22(28)24-12-17-10-19(26-30-17)14-5-6-21-15(9-14)7-8-29-21/h1-6,9,11,13,17H,7-8,10,12H2,(H,24,28)/t17-/m0/s1. The molecular weight excluding hydrogens is 404 g/mol. The van der Waals surface area contributed by atoms with Crippen molar-refractivity contribution in [1.82, 2.24) is 15.1 Å². The Morgan fingerprint density at radius 1 is 1.27 bits per heavy atom. The van der Waals surface area contributed by atoms with Crippen LogP contribution in [-0.4, -0.2) is 40.7 Å². The second kappa shape index (κ2) is 7.84.